The Morgan fingerprint density at radius 1 is 1.07 bits per heavy atom. The number of hydrogen-bond donors (Lipinski definition) is 5. The average Bonchev–Trinajstić information content (AvgIpc) is 3.02. The Morgan fingerprint density at radius 3 is 2.19 bits per heavy atom. The number of unbranched alkanes of at least 4 members (excludes halogenated alkanes) is 1. The van der Waals surface area contributed by atoms with E-state index >= 15 is 0 Å². The summed E-state index contributed by atoms with van der Waals surface area (Å²) in [6, 6.07) is 9.64. The van der Waals surface area contributed by atoms with Gasteiger partial charge in [0.25, 0.3) is 0 Å². The van der Waals surface area contributed by atoms with Gasteiger partial charge in [0, 0.05) is 6.42 Å². The van der Waals surface area contributed by atoms with Crippen LogP contribution in [0.2, 0.25) is 0 Å². The molecule has 5 N–H and O–H groups in total. The number of hydrogen-bond acceptors (Lipinski definition) is 6. The van der Waals surface area contributed by atoms with Gasteiger partial charge < -0.3 is 19.6 Å². The molecule has 1 atom stereocenters. The van der Waals surface area contributed by atoms with Crippen molar-refractivity contribution in [2.75, 3.05) is 7.05 Å². The Labute approximate surface area is 157 Å². The van der Waals surface area contributed by atoms with Crippen molar-refractivity contribution in [3.8, 4) is 0 Å². The maximum atomic E-state index is 11.8. The van der Waals surface area contributed by atoms with Gasteiger partial charge in [0.15, 0.2) is 0 Å². The lowest BCUT2D eigenvalue weighted by molar-refractivity contribution is 0.283. The quantitative estimate of drug-likeness (QED) is 0.287. The molecular formula is C15H24N4O6P2. The van der Waals surface area contributed by atoms with Gasteiger partial charge in [-0.25, -0.2) is 0 Å². The van der Waals surface area contributed by atoms with Gasteiger partial charge in [-0.1, -0.05) is 43.2 Å². The Kier molecular flexibility index (Phi) is 6.86. The zero-order chi connectivity index (χ0) is 20.2. The summed E-state index contributed by atoms with van der Waals surface area (Å²) in [6.07, 6.45) is 2.91. The molecule has 0 fully saturated rings. The largest absolute Gasteiger partial charge is 0.357 e. The second-order valence-corrected chi connectivity index (χ2v) is 10.6. The van der Waals surface area contributed by atoms with Gasteiger partial charge >= 0.3 is 15.2 Å². The minimum Gasteiger partial charge on any atom is -0.323 e. The molecule has 0 saturated heterocycles. The highest BCUT2D eigenvalue weighted by Gasteiger charge is 2.58. The molecular weight excluding hydrogens is 394 g/mol. The standard InChI is InChI=1S/C15H24N4O6P2/c1-16-15(26(20,21)22,27(23,24)25)10-6-5-9-14(12-17-19-18-14)11-13-7-3-2-4-8-13/h2-4,7-8,12,16H,5-6,9-11H2,1H3,(H2,20,21,22)(H2,23,24,25). The minimum absolute atomic E-state index is 0.178. The molecule has 150 valence electrons. The Hall–Kier alpha value is -1.25. The van der Waals surface area contributed by atoms with Gasteiger partial charge in [-0.3, -0.25) is 14.4 Å². The van der Waals surface area contributed by atoms with Crippen LogP contribution in [0.15, 0.2) is 45.8 Å². The molecule has 10 nitrogen and oxygen atoms in total. The summed E-state index contributed by atoms with van der Waals surface area (Å²) in [5.41, 5.74) is 0.383. The monoisotopic (exact) mass is 418 g/mol. The van der Waals surface area contributed by atoms with E-state index < -0.39 is 25.8 Å². The van der Waals surface area contributed by atoms with Gasteiger partial charge in [-0.15, -0.1) is 5.10 Å². The van der Waals surface area contributed by atoms with Gasteiger partial charge in [-0.2, -0.15) is 5.11 Å². The van der Waals surface area contributed by atoms with Crippen LogP contribution in [0.1, 0.15) is 31.2 Å². The van der Waals surface area contributed by atoms with Gasteiger partial charge in [0.05, 0.1) is 6.21 Å². The summed E-state index contributed by atoms with van der Waals surface area (Å²) >= 11 is 0. The number of benzene rings is 1. The summed E-state index contributed by atoms with van der Waals surface area (Å²) in [6.45, 7) is 0. The third-order valence-corrected chi connectivity index (χ3v) is 9.08. The first-order valence-corrected chi connectivity index (χ1v) is 11.6. The third-order valence-electron chi connectivity index (χ3n) is 4.70. The molecule has 0 spiro atoms. The van der Waals surface area contributed by atoms with Crippen LogP contribution in [0.3, 0.4) is 0 Å². The maximum Gasteiger partial charge on any atom is 0.357 e. The van der Waals surface area contributed by atoms with Crippen LogP contribution in [-0.4, -0.2) is 43.4 Å². The molecule has 1 aromatic rings. The maximum absolute atomic E-state index is 11.8. The molecule has 2 rings (SSSR count). The molecule has 27 heavy (non-hydrogen) atoms. The van der Waals surface area contributed by atoms with E-state index in [2.05, 4.69) is 20.8 Å². The van der Waals surface area contributed by atoms with E-state index in [-0.39, 0.29) is 12.8 Å². The van der Waals surface area contributed by atoms with Crippen molar-refractivity contribution in [1.29, 1.82) is 0 Å². The third kappa shape index (κ3) is 4.97. The van der Waals surface area contributed by atoms with Crippen LogP contribution in [-0.2, 0) is 15.6 Å². The highest BCUT2D eigenvalue weighted by molar-refractivity contribution is 7.72. The zero-order valence-corrected chi connectivity index (χ0v) is 16.6. The second-order valence-electron chi connectivity index (χ2n) is 6.56. The fourth-order valence-corrected chi connectivity index (χ4v) is 6.03. The highest BCUT2D eigenvalue weighted by Crippen LogP contribution is 2.69. The van der Waals surface area contributed by atoms with Crippen molar-refractivity contribution in [2.45, 2.75) is 42.7 Å². The smallest absolute Gasteiger partial charge is 0.323 e. The fraction of sp³-hybridized carbons (Fsp3) is 0.533. The number of rotatable bonds is 10. The summed E-state index contributed by atoms with van der Waals surface area (Å²) in [5, 5.41) is 11.3. The van der Waals surface area contributed by atoms with Crippen molar-refractivity contribution in [2.24, 2.45) is 15.4 Å². The Morgan fingerprint density at radius 2 is 1.70 bits per heavy atom. The summed E-state index contributed by atoms with van der Waals surface area (Å²) in [7, 11) is -9.08. The molecule has 1 aliphatic rings. The van der Waals surface area contributed by atoms with Crippen LogP contribution in [0, 0.1) is 0 Å². The topological polar surface area (TPSA) is 164 Å². The molecule has 1 aliphatic heterocycles. The Bertz CT molecular complexity index is 755. The van der Waals surface area contributed by atoms with E-state index in [0.29, 0.717) is 19.3 Å². The zero-order valence-electron chi connectivity index (χ0n) is 14.8. The normalized spacial score (nSPS) is 20.3. The summed E-state index contributed by atoms with van der Waals surface area (Å²) in [4.78, 5) is 38.1. The van der Waals surface area contributed by atoms with Crippen molar-refractivity contribution in [3.63, 3.8) is 0 Å². The molecule has 0 saturated carbocycles. The van der Waals surface area contributed by atoms with Crippen LogP contribution in [0.5, 0.6) is 0 Å². The molecule has 0 amide bonds. The first-order chi connectivity index (χ1) is 12.6. The van der Waals surface area contributed by atoms with Gasteiger partial charge in [0.1, 0.15) is 5.54 Å². The number of nitrogens with one attached hydrogen (secondary N) is 1. The molecule has 0 aromatic heterocycles. The molecule has 0 aliphatic carbocycles. The van der Waals surface area contributed by atoms with E-state index in [4.69, 9.17) is 0 Å². The predicted octanol–water partition coefficient (Wildman–Crippen LogP) is 2.21. The van der Waals surface area contributed by atoms with Crippen molar-refractivity contribution in [1.82, 2.24) is 5.32 Å². The van der Waals surface area contributed by atoms with E-state index in [1.165, 1.54) is 0 Å². The number of nitrogens with zero attached hydrogens (tertiary/aromatic N) is 3. The molecule has 0 bridgehead atoms. The molecule has 1 aromatic carbocycles. The van der Waals surface area contributed by atoms with Crippen molar-refractivity contribution >= 4 is 21.4 Å². The van der Waals surface area contributed by atoms with Gasteiger partial charge in [0.2, 0.25) is 5.02 Å². The average molecular weight is 418 g/mol. The molecule has 12 heteroatoms. The first kappa shape index (κ1) is 22.0. The van der Waals surface area contributed by atoms with Crippen LogP contribution >= 0.6 is 15.2 Å². The van der Waals surface area contributed by atoms with Crippen molar-refractivity contribution < 1.29 is 28.7 Å². The molecule has 0 radical (unpaired) electrons. The summed E-state index contributed by atoms with van der Waals surface area (Å²) in [5.74, 6) is 0. The molecule has 1 heterocycles. The first-order valence-electron chi connectivity index (χ1n) is 8.36. The minimum atomic E-state index is -5.11. The van der Waals surface area contributed by atoms with Gasteiger partial charge in [-0.05, 0) is 30.7 Å². The second kappa shape index (κ2) is 8.41. The molecule has 1 unspecified atom stereocenters. The van der Waals surface area contributed by atoms with Crippen LogP contribution in [0.25, 0.3) is 0 Å². The Balaban J connectivity index is 2.05. The van der Waals surface area contributed by atoms with E-state index in [1.54, 1.807) is 6.21 Å². The van der Waals surface area contributed by atoms with Crippen LogP contribution < -0.4 is 5.32 Å². The van der Waals surface area contributed by atoms with Crippen LogP contribution in [0.4, 0.5) is 0 Å². The predicted molar refractivity (Wildman–Crippen MR) is 101 cm³/mol. The lowest BCUT2D eigenvalue weighted by Gasteiger charge is -2.34. The van der Waals surface area contributed by atoms with E-state index in [1.807, 2.05) is 30.3 Å². The van der Waals surface area contributed by atoms with E-state index in [9.17, 15) is 28.7 Å². The van der Waals surface area contributed by atoms with Crippen molar-refractivity contribution in [3.05, 3.63) is 35.9 Å². The SMILES string of the molecule is CNC(CCCCC1(Cc2ccccc2)C=NN=N1)(P(=O)(O)O)P(=O)(O)O. The highest BCUT2D eigenvalue weighted by atomic mass is 31.2. The van der Waals surface area contributed by atoms with E-state index in [0.717, 1.165) is 12.6 Å². The summed E-state index contributed by atoms with van der Waals surface area (Å²) < 4.78 is 23.5. The lowest BCUT2D eigenvalue weighted by Crippen LogP contribution is -2.42. The fourth-order valence-electron chi connectivity index (χ4n) is 3.19. The lowest BCUT2D eigenvalue weighted by atomic mass is 9.87.